The molecule has 104 valence electrons. The van der Waals surface area contributed by atoms with Gasteiger partial charge in [0.2, 0.25) is 0 Å². The maximum Gasteiger partial charge on any atom is 0.177 e. The highest BCUT2D eigenvalue weighted by Crippen LogP contribution is 2.30. The van der Waals surface area contributed by atoms with Crippen LogP contribution in [0.25, 0.3) is 11.1 Å². The quantitative estimate of drug-likeness (QED) is 0.889. The predicted molar refractivity (Wildman–Crippen MR) is 75.0 cm³/mol. The molecule has 0 spiro atoms. The molecular formula is C14H16N4O2. The highest BCUT2D eigenvalue weighted by Gasteiger charge is 2.23. The lowest BCUT2D eigenvalue weighted by molar-refractivity contribution is 0.0127. The summed E-state index contributed by atoms with van der Waals surface area (Å²) in [5.74, 6) is 0. The van der Waals surface area contributed by atoms with Crippen LogP contribution in [0.4, 0.5) is 11.4 Å². The zero-order valence-electron chi connectivity index (χ0n) is 11.0. The Balaban J connectivity index is 1.73. The normalized spacial score (nSPS) is 22.6. The average Bonchev–Trinajstić information content (AvgIpc) is 2.93. The van der Waals surface area contributed by atoms with Gasteiger partial charge in [-0.05, 0) is 12.8 Å². The number of hydrogen-bond acceptors (Lipinski definition) is 6. The third kappa shape index (κ3) is 2.40. The molecule has 3 heterocycles. The van der Waals surface area contributed by atoms with Gasteiger partial charge in [0, 0.05) is 12.1 Å². The molecule has 3 N–H and O–H groups in total. The van der Waals surface area contributed by atoms with Crippen molar-refractivity contribution < 1.29 is 9.15 Å². The van der Waals surface area contributed by atoms with E-state index in [1.165, 1.54) is 0 Å². The van der Waals surface area contributed by atoms with Crippen LogP contribution in [0.1, 0.15) is 19.3 Å². The van der Waals surface area contributed by atoms with Crippen molar-refractivity contribution in [1.82, 2.24) is 4.98 Å². The Morgan fingerprint density at radius 1 is 1.50 bits per heavy atom. The van der Waals surface area contributed by atoms with Gasteiger partial charge in [-0.3, -0.25) is 4.98 Å². The van der Waals surface area contributed by atoms with Crippen molar-refractivity contribution in [1.29, 1.82) is 5.26 Å². The van der Waals surface area contributed by atoms with Crippen LogP contribution in [-0.2, 0) is 4.74 Å². The predicted octanol–water partition coefficient (Wildman–Crippen LogP) is 2.28. The molecule has 2 aromatic rings. The second-order valence-electron chi connectivity index (χ2n) is 4.96. The lowest BCUT2D eigenvalue weighted by Crippen LogP contribution is -2.34. The summed E-state index contributed by atoms with van der Waals surface area (Å²) in [6.45, 7) is 0.566. The van der Waals surface area contributed by atoms with E-state index in [0.717, 1.165) is 24.0 Å². The molecule has 2 aromatic heterocycles. The summed E-state index contributed by atoms with van der Waals surface area (Å²) in [5.41, 5.74) is 8.75. The first-order valence-corrected chi connectivity index (χ1v) is 6.64. The fraction of sp³-hybridized carbons (Fsp3) is 0.429. The molecule has 1 saturated heterocycles. The summed E-state index contributed by atoms with van der Waals surface area (Å²) in [7, 11) is 0. The molecule has 0 aliphatic carbocycles. The first-order valence-electron chi connectivity index (χ1n) is 6.64. The van der Waals surface area contributed by atoms with E-state index in [9.17, 15) is 0 Å². The molecule has 0 aromatic carbocycles. The van der Waals surface area contributed by atoms with E-state index >= 15 is 0 Å². The van der Waals surface area contributed by atoms with Gasteiger partial charge >= 0.3 is 0 Å². The summed E-state index contributed by atoms with van der Waals surface area (Å²) in [6, 6.07) is 4.12. The van der Waals surface area contributed by atoms with Crippen LogP contribution >= 0.6 is 0 Å². The largest absolute Gasteiger partial charge is 0.460 e. The highest BCUT2D eigenvalue weighted by molar-refractivity contribution is 5.92. The Kier molecular flexibility index (Phi) is 3.44. The minimum atomic E-state index is 0.0523. The van der Waals surface area contributed by atoms with E-state index in [-0.39, 0.29) is 12.1 Å². The van der Waals surface area contributed by atoms with Crippen molar-refractivity contribution in [2.45, 2.75) is 31.4 Å². The van der Waals surface area contributed by atoms with Gasteiger partial charge in [0.25, 0.3) is 0 Å². The maximum atomic E-state index is 8.67. The zero-order valence-corrected chi connectivity index (χ0v) is 11.0. The standard InChI is InChI=1S/C14H16N4O2/c15-5-3-10-2-1-9(8-20-10)18-13-11(16)7-17-12-4-6-19-14(12)13/h4,6-7,9-10H,1-3,8,16H2,(H,17,18)/t9-,10-/m0/s1. The van der Waals surface area contributed by atoms with Crippen molar-refractivity contribution in [2.24, 2.45) is 0 Å². The van der Waals surface area contributed by atoms with Crippen LogP contribution in [0.15, 0.2) is 22.9 Å². The van der Waals surface area contributed by atoms with Gasteiger partial charge < -0.3 is 20.2 Å². The Morgan fingerprint density at radius 3 is 3.15 bits per heavy atom. The van der Waals surface area contributed by atoms with Crippen LogP contribution < -0.4 is 11.1 Å². The van der Waals surface area contributed by atoms with Crippen LogP contribution in [0, 0.1) is 11.3 Å². The van der Waals surface area contributed by atoms with Crippen molar-refractivity contribution in [2.75, 3.05) is 17.7 Å². The molecule has 20 heavy (non-hydrogen) atoms. The molecule has 0 saturated carbocycles. The lowest BCUT2D eigenvalue weighted by atomic mass is 10.0. The van der Waals surface area contributed by atoms with Crippen molar-refractivity contribution in [3.05, 3.63) is 18.5 Å². The second kappa shape index (κ2) is 5.39. The molecular weight excluding hydrogens is 256 g/mol. The fourth-order valence-electron chi connectivity index (χ4n) is 2.46. The number of nitriles is 1. The van der Waals surface area contributed by atoms with E-state index < -0.39 is 0 Å². The van der Waals surface area contributed by atoms with Crippen molar-refractivity contribution in [3.63, 3.8) is 0 Å². The number of furan rings is 1. The van der Waals surface area contributed by atoms with Gasteiger partial charge in [-0.1, -0.05) is 0 Å². The van der Waals surface area contributed by atoms with E-state index in [1.807, 2.05) is 0 Å². The van der Waals surface area contributed by atoms with E-state index in [4.69, 9.17) is 20.1 Å². The molecule has 0 amide bonds. The zero-order chi connectivity index (χ0) is 13.9. The number of pyridine rings is 1. The van der Waals surface area contributed by atoms with Crippen molar-refractivity contribution >= 4 is 22.5 Å². The van der Waals surface area contributed by atoms with Gasteiger partial charge in [0.05, 0.1) is 43.3 Å². The molecule has 6 nitrogen and oxygen atoms in total. The number of anilines is 2. The topological polar surface area (TPSA) is 97.1 Å². The van der Waals surface area contributed by atoms with Gasteiger partial charge in [-0.2, -0.15) is 5.26 Å². The Bertz CT molecular complexity index is 638. The molecule has 1 aliphatic heterocycles. The number of hydrogen-bond donors (Lipinski definition) is 2. The molecule has 0 unspecified atom stereocenters. The number of nitrogen functional groups attached to an aromatic ring is 1. The van der Waals surface area contributed by atoms with E-state index in [1.54, 1.807) is 18.5 Å². The summed E-state index contributed by atoms with van der Waals surface area (Å²) in [4.78, 5) is 4.20. The lowest BCUT2D eigenvalue weighted by Gasteiger charge is -2.29. The molecule has 1 fully saturated rings. The number of nitrogens with zero attached hydrogens (tertiary/aromatic N) is 2. The average molecular weight is 272 g/mol. The van der Waals surface area contributed by atoms with Crippen molar-refractivity contribution in [3.8, 4) is 6.07 Å². The summed E-state index contributed by atoms with van der Waals surface area (Å²) in [5, 5.41) is 12.0. The van der Waals surface area contributed by atoms with E-state index in [2.05, 4.69) is 16.4 Å². The monoisotopic (exact) mass is 272 g/mol. The van der Waals surface area contributed by atoms with Gasteiger partial charge in [0.1, 0.15) is 11.2 Å². The highest BCUT2D eigenvalue weighted by atomic mass is 16.5. The number of aromatic nitrogens is 1. The third-order valence-electron chi connectivity index (χ3n) is 3.54. The van der Waals surface area contributed by atoms with Crippen LogP contribution in [0.2, 0.25) is 0 Å². The number of ether oxygens (including phenoxy) is 1. The minimum absolute atomic E-state index is 0.0523. The Labute approximate surface area is 116 Å². The number of fused-ring (bicyclic) bond motifs is 1. The van der Waals surface area contributed by atoms with Crippen LogP contribution in [0.3, 0.4) is 0 Å². The molecule has 1 aliphatic rings. The first kappa shape index (κ1) is 12.8. The van der Waals surface area contributed by atoms with E-state index in [0.29, 0.717) is 24.3 Å². The molecule has 0 radical (unpaired) electrons. The molecule has 0 bridgehead atoms. The second-order valence-corrected chi connectivity index (χ2v) is 4.96. The number of rotatable bonds is 3. The van der Waals surface area contributed by atoms with Crippen LogP contribution in [0.5, 0.6) is 0 Å². The first-order chi connectivity index (χ1) is 9.78. The maximum absolute atomic E-state index is 8.67. The Morgan fingerprint density at radius 2 is 2.40 bits per heavy atom. The van der Waals surface area contributed by atoms with Gasteiger partial charge in [0.15, 0.2) is 5.58 Å². The number of nitrogens with one attached hydrogen (secondary N) is 1. The van der Waals surface area contributed by atoms with Crippen LogP contribution in [-0.4, -0.2) is 23.7 Å². The summed E-state index contributed by atoms with van der Waals surface area (Å²) >= 11 is 0. The minimum Gasteiger partial charge on any atom is -0.460 e. The van der Waals surface area contributed by atoms with Gasteiger partial charge in [-0.15, -0.1) is 0 Å². The Hall–Kier alpha value is -2.26. The molecule has 2 atom stereocenters. The summed E-state index contributed by atoms with van der Waals surface area (Å²) in [6.07, 6.45) is 5.54. The third-order valence-corrected chi connectivity index (χ3v) is 3.54. The summed E-state index contributed by atoms with van der Waals surface area (Å²) < 4.78 is 11.1. The SMILES string of the molecule is N#CC[C@@H]1CC[C@H](Nc2c(N)cnc3ccoc23)CO1. The molecule has 6 heteroatoms. The molecule has 3 rings (SSSR count). The number of nitrogens with two attached hydrogens (primary N) is 1. The fourth-order valence-corrected chi connectivity index (χ4v) is 2.46. The smallest absolute Gasteiger partial charge is 0.177 e. The van der Waals surface area contributed by atoms with Gasteiger partial charge in [-0.25, -0.2) is 0 Å².